The molecule has 14 heteroatoms. The Hall–Kier alpha value is -2.29. The van der Waals surface area contributed by atoms with Crippen LogP contribution in [0.2, 0.25) is 0 Å². The number of rotatable bonds is 16. The first-order valence-electron chi connectivity index (χ1n) is 10.6. The van der Waals surface area contributed by atoms with E-state index in [0.717, 1.165) is 9.13 Å². The van der Waals surface area contributed by atoms with Crippen molar-refractivity contribution in [2.75, 3.05) is 24.7 Å². The number of carbonyl (C=O) groups excluding carboxylic acids is 2. The van der Waals surface area contributed by atoms with Crippen LogP contribution in [0.5, 0.6) is 0 Å². The van der Waals surface area contributed by atoms with Gasteiger partial charge in [0.05, 0.1) is 32.0 Å². The normalized spacial score (nSPS) is 12.7. The third-order valence-electron chi connectivity index (χ3n) is 4.41. The topological polar surface area (TPSA) is 159 Å². The minimum atomic E-state index is -1.33. The first-order chi connectivity index (χ1) is 16.1. The molecule has 12 nitrogen and oxygen atoms in total. The lowest BCUT2D eigenvalue weighted by molar-refractivity contribution is -0.147. The summed E-state index contributed by atoms with van der Waals surface area (Å²) in [6, 6.07) is 0. The summed E-state index contributed by atoms with van der Waals surface area (Å²) in [5.41, 5.74) is -2.58. The molecule has 0 bridgehead atoms. The van der Waals surface area contributed by atoms with E-state index in [1.165, 1.54) is 34.7 Å². The molecule has 0 saturated heterocycles. The maximum atomic E-state index is 12.4. The van der Waals surface area contributed by atoms with E-state index in [1.54, 1.807) is 6.92 Å². The summed E-state index contributed by atoms with van der Waals surface area (Å²) < 4.78 is 12.1. The first-order valence-corrected chi connectivity index (χ1v) is 13.0. The zero-order valence-corrected chi connectivity index (χ0v) is 20.8. The Morgan fingerprint density at radius 3 is 1.94 bits per heavy atom. The summed E-state index contributed by atoms with van der Waals surface area (Å²) in [6.45, 7) is 4.24. The van der Waals surface area contributed by atoms with E-state index >= 15 is 0 Å². The number of allylic oxidation sites excluding steroid dienone is 1. The van der Waals surface area contributed by atoms with Crippen molar-refractivity contribution >= 4 is 33.5 Å². The van der Waals surface area contributed by atoms with E-state index < -0.39 is 54.4 Å². The number of hydrogen-bond donors (Lipinski definition) is 2. The zero-order chi connectivity index (χ0) is 25.7. The largest absolute Gasteiger partial charge is 0.463 e. The van der Waals surface area contributed by atoms with Crippen LogP contribution >= 0.6 is 21.6 Å². The summed E-state index contributed by atoms with van der Waals surface area (Å²) >= 11 is 0. The fourth-order valence-corrected chi connectivity index (χ4v) is 4.41. The molecule has 1 heterocycles. The molecule has 1 aromatic rings. The second-order valence-corrected chi connectivity index (χ2v) is 9.84. The standard InChI is InChI=1S/C20H31N3O9S2/c1-4-8-22-18(28)21(3)19(29)23(20(22)30)11-15(25)13-32-17(27)7-10-34-33-9-6-16(26)31-12-14(24)5-2/h4,14-15,24-25H,1,5-13H2,2-3H3. The van der Waals surface area contributed by atoms with Crippen molar-refractivity contribution in [1.29, 1.82) is 0 Å². The Kier molecular flexibility index (Phi) is 13.6. The molecule has 0 saturated carbocycles. The molecule has 0 amide bonds. The molecule has 34 heavy (non-hydrogen) atoms. The van der Waals surface area contributed by atoms with Gasteiger partial charge in [0.2, 0.25) is 0 Å². The van der Waals surface area contributed by atoms with Crippen LogP contribution in [0.4, 0.5) is 0 Å². The molecule has 192 valence electrons. The second kappa shape index (κ2) is 15.6. The van der Waals surface area contributed by atoms with Gasteiger partial charge in [-0.25, -0.2) is 28.1 Å². The van der Waals surface area contributed by atoms with E-state index in [1.807, 2.05) is 0 Å². The molecule has 1 aromatic heterocycles. The molecule has 2 N–H and O–H groups in total. The summed E-state index contributed by atoms with van der Waals surface area (Å²) in [5.74, 6) is -0.0766. The van der Waals surface area contributed by atoms with Gasteiger partial charge in [-0.2, -0.15) is 0 Å². The molecule has 0 aliphatic carbocycles. The average Bonchev–Trinajstić information content (AvgIpc) is 2.82. The highest BCUT2D eigenvalue weighted by Gasteiger charge is 2.17. The van der Waals surface area contributed by atoms with Crippen molar-refractivity contribution in [3.63, 3.8) is 0 Å². The van der Waals surface area contributed by atoms with Crippen molar-refractivity contribution in [3.8, 4) is 0 Å². The Morgan fingerprint density at radius 2 is 1.44 bits per heavy atom. The number of aliphatic hydroxyl groups is 2. The van der Waals surface area contributed by atoms with Gasteiger partial charge < -0.3 is 19.7 Å². The number of aliphatic hydroxyl groups excluding tert-OH is 2. The highest BCUT2D eigenvalue weighted by atomic mass is 33.1. The second-order valence-electron chi connectivity index (χ2n) is 7.14. The number of aromatic nitrogens is 3. The predicted octanol–water partition coefficient (Wildman–Crippen LogP) is -0.725. The molecular weight excluding hydrogens is 490 g/mol. The summed E-state index contributed by atoms with van der Waals surface area (Å²) in [7, 11) is 3.97. The van der Waals surface area contributed by atoms with E-state index in [4.69, 9.17) is 9.47 Å². The molecular formula is C20H31N3O9S2. The van der Waals surface area contributed by atoms with Crippen LogP contribution in [0.25, 0.3) is 0 Å². The average molecular weight is 522 g/mol. The van der Waals surface area contributed by atoms with Crippen molar-refractivity contribution in [2.45, 2.75) is 51.5 Å². The Morgan fingerprint density at radius 1 is 0.941 bits per heavy atom. The highest BCUT2D eigenvalue weighted by Crippen LogP contribution is 2.23. The highest BCUT2D eigenvalue weighted by molar-refractivity contribution is 8.76. The third-order valence-corrected chi connectivity index (χ3v) is 6.82. The van der Waals surface area contributed by atoms with Crippen LogP contribution < -0.4 is 17.1 Å². The minimum absolute atomic E-state index is 0.0210. The van der Waals surface area contributed by atoms with Gasteiger partial charge in [0.1, 0.15) is 19.3 Å². The molecule has 0 fully saturated rings. The van der Waals surface area contributed by atoms with Crippen LogP contribution in [0.3, 0.4) is 0 Å². The van der Waals surface area contributed by atoms with Crippen molar-refractivity contribution in [3.05, 3.63) is 44.1 Å². The van der Waals surface area contributed by atoms with E-state index in [-0.39, 0.29) is 26.0 Å². The molecule has 0 aliphatic rings. The van der Waals surface area contributed by atoms with Crippen LogP contribution in [0.1, 0.15) is 26.2 Å². The first kappa shape index (κ1) is 29.7. The van der Waals surface area contributed by atoms with Gasteiger partial charge in [0.25, 0.3) is 0 Å². The van der Waals surface area contributed by atoms with Gasteiger partial charge in [0.15, 0.2) is 0 Å². The van der Waals surface area contributed by atoms with Gasteiger partial charge in [-0.1, -0.05) is 34.6 Å². The van der Waals surface area contributed by atoms with Crippen LogP contribution in [-0.2, 0) is 39.2 Å². The Labute approximate surface area is 204 Å². The maximum Gasteiger partial charge on any atom is 0.336 e. The van der Waals surface area contributed by atoms with Crippen LogP contribution in [-0.4, -0.2) is 72.8 Å². The number of carbonyl (C=O) groups is 2. The Bertz CT molecular complexity index is 1000. The van der Waals surface area contributed by atoms with Gasteiger partial charge in [0, 0.05) is 18.6 Å². The SMILES string of the molecule is C=CCn1c(=O)n(C)c(=O)n(CC(O)COC(=O)CCSSCCC(=O)OCC(O)CC)c1=O. The quantitative estimate of drug-likeness (QED) is 0.122. The molecule has 0 aromatic carbocycles. The fourth-order valence-electron chi connectivity index (χ4n) is 2.47. The van der Waals surface area contributed by atoms with Crippen molar-refractivity contribution < 1.29 is 29.3 Å². The lowest BCUT2D eigenvalue weighted by Crippen LogP contribution is -2.54. The smallest absolute Gasteiger partial charge is 0.336 e. The predicted molar refractivity (Wildman–Crippen MR) is 129 cm³/mol. The van der Waals surface area contributed by atoms with Gasteiger partial charge >= 0.3 is 29.0 Å². The van der Waals surface area contributed by atoms with Crippen LogP contribution in [0, 0.1) is 0 Å². The van der Waals surface area contributed by atoms with E-state index in [0.29, 0.717) is 22.5 Å². The minimum Gasteiger partial charge on any atom is -0.463 e. The zero-order valence-electron chi connectivity index (χ0n) is 19.2. The molecule has 2 unspecified atom stereocenters. The van der Waals surface area contributed by atoms with E-state index in [9.17, 15) is 34.2 Å². The molecule has 1 rings (SSSR count). The number of esters is 2. The molecule has 0 aliphatic heterocycles. The monoisotopic (exact) mass is 521 g/mol. The van der Waals surface area contributed by atoms with Crippen molar-refractivity contribution in [2.24, 2.45) is 7.05 Å². The Balaban J connectivity index is 2.36. The molecule has 0 radical (unpaired) electrons. The lowest BCUT2D eigenvalue weighted by Gasteiger charge is -2.14. The van der Waals surface area contributed by atoms with Gasteiger partial charge in [-0.3, -0.25) is 9.59 Å². The lowest BCUT2D eigenvalue weighted by atomic mass is 10.3. The summed E-state index contributed by atoms with van der Waals surface area (Å²) in [5, 5.41) is 19.4. The number of hydrogen-bond acceptors (Lipinski definition) is 11. The summed E-state index contributed by atoms with van der Waals surface area (Å²) in [4.78, 5) is 59.9. The summed E-state index contributed by atoms with van der Waals surface area (Å²) in [6.07, 6.45) is 0.0906. The molecule has 2 atom stereocenters. The fraction of sp³-hybridized carbons (Fsp3) is 0.650. The van der Waals surface area contributed by atoms with Crippen molar-refractivity contribution in [1.82, 2.24) is 13.7 Å². The number of ether oxygens (including phenoxy) is 2. The van der Waals surface area contributed by atoms with E-state index in [2.05, 4.69) is 6.58 Å². The molecule has 0 spiro atoms. The van der Waals surface area contributed by atoms with Crippen LogP contribution in [0.15, 0.2) is 27.0 Å². The van der Waals surface area contributed by atoms with Gasteiger partial charge in [-0.15, -0.1) is 6.58 Å². The third kappa shape index (κ3) is 9.91. The number of nitrogens with zero attached hydrogens (tertiary/aromatic N) is 3. The maximum absolute atomic E-state index is 12.4. The van der Waals surface area contributed by atoms with Gasteiger partial charge in [-0.05, 0) is 6.42 Å².